The van der Waals surface area contributed by atoms with E-state index < -0.39 is 62.1 Å². The topological polar surface area (TPSA) is 156 Å². The van der Waals surface area contributed by atoms with Crippen LogP contribution in [0, 0.1) is 0 Å². The Balaban J connectivity index is 2.97. The van der Waals surface area contributed by atoms with Crippen LogP contribution in [0.15, 0.2) is 18.2 Å². The number of ether oxygens (including phenoxy) is 2. The van der Waals surface area contributed by atoms with Crippen LogP contribution in [0.1, 0.15) is 12.0 Å². The Morgan fingerprint density at radius 1 is 1.22 bits per heavy atom. The van der Waals surface area contributed by atoms with E-state index in [4.69, 9.17) is 20.7 Å². The molecule has 0 saturated heterocycles. The smallest absolute Gasteiger partial charge is 0.480 e. The molecule has 0 aromatic heterocycles. The van der Waals surface area contributed by atoms with Gasteiger partial charge in [0.1, 0.15) is 6.04 Å². The Kier molecular flexibility index (Phi) is 7.64. The van der Waals surface area contributed by atoms with Gasteiger partial charge in [0.2, 0.25) is 7.37 Å². The molecular formula is C14H17F3NO8P. The molecule has 1 rings (SSSR count). The summed E-state index contributed by atoms with van der Waals surface area (Å²) < 4.78 is 58.1. The van der Waals surface area contributed by atoms with Crippen molar-refractivity contribution in [3.8, 4) is 11.5 Å². The molecular weight excluding hydrogens is 398 g/mol. The number of carboxylic acids is 2. The van der Waals surface area contributed by atoms with E-state index in [0.717, 1.165) is 12.1 Å². The molecule has 152 valence electrons. The van der Waals surface area contributed by atoms with Gasteiger partial charge in [0.05, 0.1) is 0 Å². The van der Waals surface area contributed by atoms with E-state index in [1.807, 2.05) is 0 Å². The number of benzene rings is 1. The minimum atomic E-state index is -5.10. The third-order valence-corrected chi connectivity index (χ3v) is 4.94. The number of carboxylic acid groups (broad SMARTS) is 2. The lowest BCUT2D eigenvalue weighted by molar-refractivity contribution is -0.275. The summed E-state index contributed by atoms with van der Waals surface area (Å²) in [6, 6.07) is 1.59. The van der Waals surface area contributed by atoms with Crippen LogP contribution >= 0.6 is 7.37 Å². The molecule has 1 unspecified atom stereocenters. The number of hydrogen-bond acceptors (Lipinski definition) is 6. The molecule has 0 fully saturated rings. The highest BCUT2D eigenvalue weighted by Crippen LogP contribution is 2.46. The molecule has 13 heteroatoms. The number of halogens is 3. The SMILES string of the molecule is N[C@@H](CCP(=O)(O)Cc1ccc(OCC(=O)O)c(OC(F)(F)F)c1)C(=O)O. The zero-order valence-corrected chi connectivity index (χ0v) is 14.6. The summed E-state index contributed by atoms with van der Waals surface area (Å²) in [4.78, 5) is 31.0. The summed E-state index contributed by atoms with van der Waals surface area (Å²) in [5.41, 5.74) is 5.23. The maximum atomic E-state index is 12.5. The lowest BCUT2D eigenvalue weighted by Crippen LogP contribution is -2.30. The van der Waals surface area contributed by atoms with Crippen LogP contribution < -0.4 is 15.2 Å². The quantitative estimate of drug-likeness (QED) is 0.417. The fraction of sp³-hybridized carbons (Fsp3) is 0.429. The van der Waals surface area contributed by atoms with Crippen LogP contribution in [0.5, 0.6) is 11.5 Å². The molecule has 0 aliphatic rings. The van der Waals surface area contributed by atoms with Crippen molar-refractivity contribution < 1.29 is 51.9 Å². The molecule has 0 aliphatic heterocycles. The highest BCUT2D eigenvalue weighted by molar-refractivity contribution is 7.57. The molecule has 0 heterocycles. The van der Waals surface area contributed by atoms with Gasteiger partial charge in [0.15, 0.2) is 18.1 Å². The van der Waals surface area contributed by atoms with Gasteiger partial charge in [0.25, 0.3) is 0 Å². The molecule has 1 aromatic carbocycles. The highest BCUT2D eigenvalue weighted by atomic mass is 31.2. The van der Waals surface area contributed by atoms with Crippen LogP contribution in [-0.2, 0) is 20.3 Å². The van der Waals surface area contributed by atoms with Crippen molar-refractivity contribution in [1.29, 1.82) is 0 Å². The fourth-order valence-electron chi connectivity index (χ4n) is 1.94. The number of nitrogens with two attached hydrogens (primary N) is 1. The average Bonchev–Trinajstić information content (AvgIpc) is 2.49. The largest absolute Gasteiger partial charge is 0.573 e. The normalized spacial score (nSPS) is 14.9. The van der Waals surface area contributed by atoms with Crippen LogP contribution in [0.2, 0.25) is 0 Å². The van der Waals surface area contributed by atoms with E-state index in [9.17, 15) is 32.2 Å². The minimum absolute atomic E-state index is 0.0216. The lowest BCUT2D eigenvalue weighted by atomic mass is 10.2. The number of hydrogen-bond donors (Lipinski definition) is 4. The number of carbonyl (C=O) groups is 2. The summed E-state index contributed by atoms with van der Waals surface area (Å²) in [5.74, 6) is -4.16. The maximum absolute atomic E-state index is 12.5. The van der Waals surface area contributed by atoms with E-state index in [2.05, 4.69) is 4.74 Å². The first-order valence-corrected chi connectivity index (χ1v) is 9.34. The summed E-state index contributed by atoms with van der Waals surface area (Å²) in [6.07, 6.45) is -6.41. The molecule has 0 radical (unpaired) electrons. The van der Waals surface area contributed by atoms with Gasteiger partial charge in [-0.1, -0.05) is 6.07 Å². The molecule has 9 nitrogen and oxygen atoms in total. The van der Waals surface area contributed by atoms with Gasteiger partial charge in [-0.15, -0.1) is 13.2 Å². The van der Waals surface area contributed by atoms with E-state index >= 15 is 0 Å². The molecule has 0 bridgehead atoms. The Morgan fingerprint density at radius 3 is 2.37 bits per heavy atom. The highest BCUT2D eigenvalue weighted by Gasteiger charge is 2.33. The predicted octanol–water partition coefficient (Wildman–Crippen LogP) is 1.62. The van der Waals surface area contributed by atoms with Crippen LogP contribution in [0.25, 0.3) is 0 Å². The first-order chi connectivity index (χ1) is 12.3. The second-order valence-electron chi connectivity index (χ2n) is 5.47. The minimum Gasteiger partial charge on any atom is -0.480 e. The lowest BCUT2D eigenvalue weighted by Gasteiger charge is -2.16. The van der Waals surface area contributed by atoms with Crippen LogP contribution in [-0.4, -0.2) is 52.2 Å². The Labute approximate surface area is 150 Å². The van der Waals surface area contributed by atoms with Gasteiger partial charge in [-0.05, 0) is 24.1 Å². The molecule has 0 aliphatic carbocycles. The van der Waals surface area contributed by atoms with Crippen molar-refractivity contribution in [2.45, 2.75) is 25.0 Å². The Hall–Kier alpha value is -2.30. The van der Waals surface area contributed by atoms with Gasteiger partial charge in [-0.25, -0.2) is 4.79 Å². The first-order valence-electron chi connectivity index (χ1n) is 7.31. The number of rotatable bonds is 10. The van der Waals surface area contributed by atoms with Gasteiger partial charge in [-0.3, -0.25) is 9.36 Å². The van der Waals surface area contributed by atoms with Crippen molar-refractivity contribution in [2.24, 2.45) is 5.73 Å². The molecule has 2 atom stereocenters. The fourth-order valence-corrected chi connectivity index (χ4v) is 3.55. The average molecular weight is 415 g/mol. The van der Waals surface area contributed by atoms with Gasteiger partial charge in [-0.2, -0.15) is 0 Å². The summed E-state index contributed by atoms with van der Waals surface area (Å²) >= 11 is 0. The Morgan fingerprint density at radius 2 is 1.85 bits per heavy atom. The van der Waals surface area contributed by atoms with Crippen molar-refractivity contribution in [3.63, 3.8) is 0 Å². The van der Waals surface area contributed by atoms with Crippen molar-refractivity contribution in [3.05, 3.63) is 23.8 Å². The third kappa shape index (κ3) is 8.76. The predicted molar refractivity (Wildman–Crippen MR) is 84.9 cm³/mol. The summed E-state index contributed by atoms with van der Waals surface area (Å²) in [7, 11) is -3.94. The van der Waals surface area contributed by atoms with Crippen LogP contribution in [0.3, 0.4) is 0 Å². The van der Waals surface area contributed by atoms with Gasteiger partial charge >= 0.3 is 18.3 Å². The molecule has 0 spiro atoms. The summed E-state index contributed by atoms with van der Waals surface area (Å²) in [6.45, 7) is -0.918. The second-order valence-corrected chi connectivity index (χ2v) is 7.93. The zero-order chi connectivity index (χ0) is 20.8. The van der Waals surface area contributed by atoms with E-state index in [1.165, 1.54) is 6.07 Å². The third-order valence-electron chi connectivity index (χ3n) is 3.12. The van der Waals surface area contributed by atoms with Crippen LogP contribution in [0.4, 0.5) is 13.2 Å². The molecule has 0 saturated carbocycles. The number of alkyl halides is 3. The molecule has 0 amide bonds. The Bertz CT molecular complexity index is 740. The van der Waals surface area contributed by atoms with E-state index in [1.54, 1.807) is 0 Å². The van der Waals surface area contributed by atoms with Crippen molar-refractivity contribution in [2.75, 3.05) is 12.8 Å². The van der Waals surface area contributed by atoms with E-state index in [0.29, 0.717) is 0 Å². The molecule has 27 heavy (non-hydrogen) atoms. The maximum Gasteiger partial charge on any atom is 0.573 e. The second kappa shape index (κ2) is 9.07. The van der Waals surface area contributed by atoms with Gasteiger partial charge < -0.3 is 30.3 Å². The molecule has 5 N–H and O–H groups in total. The molecule has 1 aromatic rings. The summed E-state index contributed by atoms with van der Waals surface area (Å²) in [5, 5.41) is 17.2. The monoisotopic (exact) mass is 415 g/mol. The number of aliphatic carboxylic acids is 2. The standard InChI is InChI=1S/C14H17F3NO8P/c15-14(16,17)26-11-5-8(1-2-10(11)25-6-12(19)20)7-27(23,24)4-3-9(18)13(21)22/h1-2,5,9H,3-4,6-7,18H2,(H,19,20)(H,21,22)(H,23,24)/t9-/m0/s1. The van der Waals surface area contributed by atoms with Crippen molar-refractivity contribution in [1.82, 2.24) is 0 Å². The van der Waals surface area contributed by atoms with E-state index in [-0.39, 0.29) is 12.0 Å². The van der Waals surface area contributed by atoms with Gasteiger partial charge in [0, 0.05) is 12.3 Å². The first kappa shape index (κ1) is 22.7. The zero-order valence-electron chi connectivity index (χ0n) is 13.7. The van der Waals surface area contributed by atoms with Crippen molar-refractivity contribution >= 4 is 19.3 Å².